The van der Waals surface area contributed by atoms with Crippen LogP contribution in [-0.4, -0.2) is 51.9 Å². The Bertz CT molecular complexity index is 1020. The fourth-order valence-electron chi connectivity index (χ4n) is 4.51. The number of rotatable bonds is 6. The Morgan fingerprint density at radius 1 is 1.12 bits per heavy atom. The van der Waals surface area contributed by atoms with E-state index in [1.165, 1.54) is 6.92 Å². The molecule has 1 saturated carbocycles. The molecule has 9 nitrogen and oxygen atoms in total. The zero-order valence-corrected chi connectivity index (χ0v) is 17.6. The first-order valence-corrected chi connectivity index (χ1v) is 10.6. The maximum atomic E-state index is 13.0. The van der Waals surface area contributed by atoms with Gasteiger partial charge in [0.25, 0.3) is 5.91 Å². The van der Waals surface area contributed by atoms with E-state index in [1.54, 1.807) is 29.2 Å². The van der Waals surface area contributed by atoms with Crippen molar-refractivity contribution in [2.24, 2.45) is 11.8 Å². The van der Waals surface area contributed by atoms with Crippen LogP contribution >= 0.6 is 0 Å². The minimum Gasteiger partial charge on any atom is -0.481 e. The molecule has 1 aliphatic heterocycles. The lowest BCUT2D eigenvalue weighted by Crippen LogP contribution is -2.39. The number of benzene rings is 1. The molecule has 3 unspecified atom stereocenters. The lowest BCUT2D eigenvalue weighted by molar-refractivity contribution is -0.148. The number of halogens is 1. The molecule has 32 heavy (non-hydrogen) atoms. The molecule has 3 atom stereocenters. The first-order valence-electron chi connectivity index (χ1n) is 10.6. The van der Waals surface area contributed by atoms with E-state index >= 15 is 0 Å². The van der Waals surface area contributed by atoms with Crippen LogP contribution in [0.1, 0.15) is 41.9 Å². The van der Waals surface area contributed by atoms with Crippen molar-refractivity contribution in [1.82, 2.24) is 9.88 Å². The van der Waals surface area contributed by atoms with Crippen molar-refractivity contribution < 1.29 is 28.3 Å². The second kappa shape index (κ2) is 8.97. The normalized spacial score (nSPS) is 22.7. The number of aryl methyl sites for hydroxylation is 1. The Kier molecular flexibility index (Phi) is 6.11. The van der Waals surface area contributed by atoms with E-state index in [0.29, 0.717) is 31.6 Å². The quantitative estimate of drug-likeness (QED) is 0.626. The SMILES string of the molecule is Cc1oc(F)nc1C(=O)Nc1ccc(NC2CCN(C(=O)C3CCCC3C(=O)O)C2)cc1. The fourth-order valence-corrected chi connectivity index (χ4v) is 4.51. The zero-order chi connectivity index (χ0) is 22.8. The number of amides is 2. The molecule has 2 heterocycles. The highest BCUT2D eigenvalue weighted by Crippen LogP contribution is 2.34. The second-order valence-electron chi connectivity index (χ2n) is 8.30. The van der Waals surface area contributed by atoms with Gasteiger partial charge in [-0.1, -0.05) is 6.42 Å². The van der Waals surface area contributed by atoms with Gasteiger partial charge in [-0.25, -0.2) is 0 Å². The topological polar surface area (TPSA) is 125 Å². The van der Waals surface area contributed by atoms with Crippen LogP contribution in [0.15, 0.2) is 28.7 Å². The van der Waals surface area contributed by atoms with Crippen molar-refractivity contribution in [3.63, 3.8) is 0 Å². The summed E-state index contributed by atoms with van der Waals surface area (Å²) in [7, 11) is 0. The number of carbonyl (C=O) groups is 3. The summed E-state index contributed by atoms with van der Waals surface area (Å²) in [5.74, 6) is -2.40. The maximum Gasteiger partial charge on any atom is 0.382 e. The Balaban J connectivity index is 1.30. The second-order valence-corrected chi connectivity index (χ2v) is 8.30. The van der Waals surface area contributed by atoms with Crippen molar-refractivity contribution in [1.29, 1.82) is 0 Å². The van der Waals surface area contributed by atoms with Gasteiger partial charge >= 0.3 is 12.1 Å². The first-order chi connectivity index (χ1) is 15.3. The average molecular weight is 444 g/mol. The Hall–Kier alpha value is -3.43. The summed E-state index contributed by atoms with van der Waals surface area (Å²) in [6.07, 6.45) is 1.69. The summed E-state index contributed by atoms with van der Waals surface area (Å²) in [5.41, 5.74) is 1.25. The zero-order valence-electron chi connectivity index (χ0n) is 17.6. The molecule has 2 amide bonds. The lowest BCUT2D eigenvalue weighted by Gasteiger charge is -2.23. The van der Waals surface area contributed by atoms with Crippen LogP contribution in [0.4, 0.5) is 15.8 Å². The number of nitrogens with zero attached hydrogens (tertiary/aromatic N) is 2. The first kappa shape index (κ1) is 21.8. The predicted molar refractivity (Wildman–Crippen MR) is 113 cm³/mol. The molecule has 4 rings (SSSR count). The molecular formula is C22H25FN4O5. The molecule has 2 fully saturated rings. The van der Waals surface area contributed by atoms with Crippen LogP contribution in [-0.2, 0) is 9.59 Å². The molecule has 3 N–H and O–H groups in total. The number of hydrogen-bond acceptors (Lipinski definition) is 6. The Morgan fingerprint density at radius 3 is 2.47 bits per heavy atom. The van der Waals surface area contributed by atoms with Crippen LogP contribution in [0.25, 0.3) is 0 Å². The van der Waals surface area contributed by atoms with Crippen molar-refractivity contribution >= 4 is 29.2 Å². The maximum absolute atomic E-state index is 13.0. The summed E-state index contributed by atoms with van der Waals surface area (Å²) in [6, 6.07) is 7.08. The molecule has 1 aliphatic carbocycles. The van der Waals surface area contributed by atoms with Gasteiger partial charge in [0.15, 0.2) is 5.69 Å². The summed E-state index contributed by atoms with van der Waals surface area (Å²) >= 11 is 0. The summed E-state index contributed by atoms with van der Waals surface area (Å²) < 4.78 is 17.7. The van der Waals surface area contributed by atoms with Crippen molar-refractivity contribution in [2.45, 2.75) is 38.6 Å². The standard InChI is InChI=1S/C22H25FN4O5/c1-12-18(26-22(23)32-12)19(28)25-14-7-5-13(6-8-14)24-15-9-10-27(11-15)20(29)16-3-2-4-17(16)21(30)31/h5-8,15-17,24H,2-4,9-11H2,1H3,(H,25,28)(H,30,31). The molecule has 0 spiro atoms. The lowest BCUT2D eigenvalue weighted by atomic mass is 9.95. The van der Waals surface area contributed by atoms with E-state index < -0.39 is 29.9 Å². The Labute approximate surface area is 184 Å². The smallest absolute Gasteiger partial charge is 0.382 e. The number of oxazole rings is 1. The van der Waals surface area contributed by atoms with E-state index in [4.69, 9.17) is 0 Å². The van der Waals surface area contributed by atoms with Gasteiger partial charge in [-0.05, 0) is 50.5 Å². The third-order valence-corrected chi connectivity index (χ3v) is 6.15. The molecule has 0 bridgehead atoms. The minimum atomic E-state index is -1.05. The van der Waals surface area contributed by atoms with Crippen LogP contribution < -0.4 is 10.6 Å². The molecule has 1 saturated heterocycles. The van der Waals surface area contributed by atoms with Crippen molar-refractivity contribution in [2.75, 3.05) is 23.7 Å². The van der Waals surface area contributed by atoms with E-state index in [2.05, 4.69) is 20.0 Å². The van der Waals surface area contributed by atoms with Gasteiger partial charge in [0, 0.05) is 30.5 Å². The number of aliphatic carboxylic acids is 1. The molecule has 0 radical (unpaired) electrons. The monoisotopic (exact) mass is 444 g/mol. The molecule has 170 valence electrons. The van der Waals surface area contributed by atoms with Crippen molar-refractivity contribution in [3.8, 4) is 0 Å². The molecule has 2 aromatic rings. The third kappa shape index (κ3) is 4.58. The molecule has 1 aromatic heterocycles. The van der Waals surface area contributed by atoms with Crippen LogP contribution in [0, 0.1) is 24.9 Å². The van der Waals surface area contributed by atoms with E-state index in [1.807, 2.05) is 0 Å². The van der Waals surface area contributed by atoms with Crippen molar-refractivity contribution in [3.05, 3.63) is 41.9 Å². The van der Waals surface area contributed by atoms with Gasteiger partial charge < -0.3 is 25.1 Å². The number of hydrogen-bond donors (Lipinski definition) is 3. The Morgan fingerprint density at radius 2 is 1.81 bits per heavy atom. The van der Waals surface area contributed by atoms with E-state index in [0.717, 1.165) is 18.5 Å². The summed E-state index contributed by atoms with van der Waals surface area (Å²) in [6.45, 7) is 2.58. The third-order valence-electron chi connectivity index (χ3n) is 6.15. The molecule has 2 aliphatic rings. The summed E-state index contributed by atoms with van der Waals surface area (Å²) in [5, 5.41) is 15.4. The number of nitrogens with one attached hydrogen (secondary N) is 2. The van der Waals surface area contributed by atoms with Crippen LogP contribution in [0.3, 0.4) is 0 Å². The molecule has 10 heteroatoms. The molecular weight excluding hydrogens is 419 g/mol. The predicted octanol–water partition coefficient (Wildman–Crippen LogP) is 2.89. The fraction of sp³-hybridized carbons (Fsp3) is 0.455. The van der Waals surface area contributed by atoms with E-state index in [9.17, 15) is 23.9 Å². The number of carbonyl (C=O) groups excluding carboxylic acids is 2. The largest absolute Gasteiger partial charge is 0.481 e. The number of likely N-dealkylation sites (tertiary alicyclic amines) is 1. The molecule has 1 aromatic carbocycles. The van der Waals surface area contributed by atoms with Crippen LogP contribution in [0.5, 0.6) is 0 Å². The number of aromatic nitrogens is 1. The highest BCUT2D eigenvalue weighted by Gasteiger charge is 2.41. The van der Waals surface area contributed by atoms with Gasteiger partial charge in [-0.3, -0.25) is 14.4 Å². The van der Waals surface area contributed by atoms with Gasteiger partial charge in [0.05, 0.1) is 11.8 Å². The minimum absolute atomic E-state index is 0.0585. The van der Waals surface area contributed by atoms with Gasteiger partial charge in [-0.2, -0.15) is 4.98 Å². The van der Waals surface area contributed by atoms with Crippen LogP contribution in [0.2, 0.25) is 0 Å². The summed E-state index contributed by atoms with van der Waals surface area (Å²) in [4.78, 5) is 41.6. The number of carboxylic acid groups (broad SMARTS) is 1. The number of anilines is 2. The average Bonchev–Trinajstić information content (AvgIpc) is 3.49. The number of carboxylic acids is 1. The van der Waals surface area contributed by atoms with Gasteiger partial charge in [-0.15, -0.1) is 4.39 Å². The highest BCUT2D eigenvalue weighted by molar-refractivity contribution is 6.03. The van der Waals surface area contributed by atoms with Gasteiger partial charge in [0.2, 0.25) is 5.91 Å². The van der Waals surface area contributed by atoms with Gasteiger partial charge in [0.1, 0.15) is 5.76 Å². The highest BCUT2D eigenvalue weighted by atomic mass is 19.1. The van der Waals surface area contributed by atoms with E-state index in [-0.39, 0.29) is 23.4 Å².